The fourth-order valence-corrected chi connectivity index (χ4v) is 3.97. The first kappa shape index (κ1) is 16.7. The van der Waals surface area contributed by atoms with Gasteiger partial charge in [-0.05, 0) is 44.9 Å². The Bertz CT molecular complexity index is 864. The number of carbonyl (C=O) groups excluding carboxylic acids is 1. The first-order chi connectivity index (χ1) is 11.4. The lowest BCUT2D eigenvalue weighted by atomic mass is 10.0. The number of amides is 1. The van der Waals surface area contributed by atoms with E-state index in [4.69, 9.17) is 0 Å². The molecule has 0 aliphatic rings. The number of hydrogen-bond donors (Lipinski definition) is 2. The Morgan fingerprint density at radius 2 is 2.12 bits per heavy atom. The van der Waals surface area contributed by atoms with Crippen molar-refractivity contribution in [2.45, 2.75) is 46.6 Å². The summed E-state index contributed by atoms with van der Waals surface area (Å²) in [6.07, 6.45) is 3.09. The normalized spacial score (nSPS) is 12.5. The van der Waals surface area contributed by atoms with Gasteiger partial charge in [0.1, 0.15) is 0 Å². The van der Waals surface area contributed by atoms with Gasteiger partial charge in [-0.25, -0.2) is 0 Å². The fourth-order valence-electron chi connectivity index (χ4n) is 3.25. The predicted octanol–water partition coefficient (Wildman–Crippen LogP) is 3.84. The number of thiazole rings is 1. The Balaban J connectivity index is 1.74. The quantitative estimate of drug-likeness (QED) is 0.741. The van der Waals surface area contributed by atoms with Gasteiger partial charge in [-0.15, -0.1) is 11.3 Å². The average molecular weight is 341 g/mol. The third-order valence-corrected chi connectivity index (χ3v) is 5.11. The van der Waals surface area contributed by atoms with Crippen molar-refractivity contribution in [2.24, 2.45) is 0 Å². The zero-order valence-corrected chi connectivity index (χ0v) is 15.4. The van der Waals surface area contributed by atoms with E-state index in [-0.39, 0.29) is 11.9 Å². The van der Waals surface area contributed by atoms with Crippen LogP contribution in [0, 0.1) is 20.8 Å². The molecule has 0 bridgehead atoms. The van der Waals surface area contributed by atoms with Crippen LogP contribution in [0.2, 0.25) is 0 Å². The van der Waals surface area contributed by atoms with Crippen molar-refractivity contribution in [3.05, 3.63) is 51.1 Å². The highest BCUT2D eigenvalue weighted by atomic mass is 32.1. The monoisotopic (exact) mass is 341 g/mol. The zero-order valence-electron chi connectivity index (χ0n) is 14.6. The molecule has 126 valence electrons. The van der Waals surface area contributed by atoms with Gasteiger partial charge in [0.05, 0.1) is 11.9 Å². The van der Waals surface area contributed by atoms with Crippen molar-refractivity contribution < 1.29 is 4.79 Å². The van der Waals surface area contributed by atoms with Gasteiger partial charge in [0.25, 0.3) is 0 Å². The van der Waals surface area contributed by atoms with Gasteiger partial charge in [0.15, 0.2) is 0 Å². The predicted molar refractivity (Wildman–Crippen MR) is 99.6 cm³/mol. The molecule has 1 atom stereocenters. The first-order valence-corrected chi connectivity index (χ1v) is 9.07. The first-order valence-electron chi connectivity index (χ1n) is 8.19. The van der Waals surface area contributed by atoms with Gasteiger partial charge in [-0.1, -0.05) is 11.6 Å². The standard InChI is InChI=1S/C19H23N3OS/c1-11-5-12(2)19-17(6-11)16(14(4)22-19)8-18(23)21-13(3)7-15-9-20-10-24-15/h5-6,9-10,13,22H,7-8H2,1-4H3,(H,21,23)/t13-/m1/s1. The summed E-state index contributed by atoms with van der Waals surface area (Å²) < 4.78 is 0. The lowest BCUT2D eigenvalue weighted by Crippen LogP contribution is -2.35. The number of aromatic nitrogens is 2. The zero-order chi connectivity index (χ0) is 17.3. The maximum atomic E-state index is 12.5. The van der Waals surface area contributed by atoms with Crippen LogP contribution in [0.5, 0.6) is 0 Å². The van der Waals surface area contributed by atoms with Crippen LogP contribution in [-0.4, -0.2) is 21.9 Å². The van der Waals surface area contributed by atoms with Gasteiger partial charge in [0.2, 0.25) is 5.91 Å². The molecule has 24 heavy (non-hydrogen) atoms. The van der Waals surface area contributed by atoms with Gasteiger partial charge in [-0.3, -0.25) is 9.78 Å². The maximum Gasteiger partial charge on any atom is 0.224 e. The molecule has 0 radical (unpaired) electrons. The molecule has 0 unspecified atom stereocenters. The van der Waals surface area contributed by atoms with Crippen LogP contribution >= 0.6 is 11.3 Å². The Hall–Kier alpha value is -2.14. The number of hydrogen-bond acceptors (Lipinski definition) is 3. The van der Waals surface area contributed by atoms with E-state index in [1.54, 1.807) is 11.3 Å². The van der Waals surface area contributed by atoms with Crippen LogP contribution in [-0.2, 0) is 17.6 Å². The number of nitrogens with zero attached hydrogens (tertiary/aromatic N) is 1. The van der Waals surface area contributed by atoms with Crippen LogP contribution in [0.1, 0.15) is 34.2 Å². The molecule has 2 heterocycles. The van der Waals surface area contributed by atoms with E-state index in [0.717, 1.165) is 28.6 Å². The molecule has 3 rings (SSSR count). The molecule has 0 saturated carbocycles. The van der Waals surface area contributed by atoms with Gasteiger partial charge in [0, 0.05) is 40.1 Å². The number of aryl methyl sites for hydroxylation is 3. The molecule has 2 aromatic heterocycles. The summed E-state index contributed by atoms with van der Waals surface area (Å²) >= 11 is 1.62. The summed E-state index contributed by atoms with van der Waals surface area (Å²) in [4.78, 5) is 21.2. The van der Waals surface area contributed by atoms with Crippen LogP contribution in [0.3, 0.4) is 0 Å². The highest BCUT2D eigenvalue weighted by molar-refractivity contribution is 7.09. The van der Waals surface area contributed by atoms with Crippen LogP contribution < -0.4 is 5.32 Å². The third-order valence-electron chi connectivity index (χ3n) is 4.31. The molecule has 4 nitrogen and oxygen atoms in total. The average Bonchev–Trinajstić information content (AvgIpc) is 3.09. The number of rotatable bonds is 5. The number of carbonyl (C=O) groups is 1. The summed E-state index contributed by atoms with van der Waals surface area (Å²) in [7, 11) is 0. The van der Waals surface area contributed by atoms with E-state index in [1.165, 1.54) is 16.0 Å². The summed E-state index contributed by atoms with van der Waals surface area (Å²) in [6, 6.07) is 4.43. The van der Waals surface area contributed by atoms with Crippen molar-refractivity contribution >= 4 is 28.1 Å². The fraction of sp³-hybridized carbons (Fsp3) is 0.368. The van der Waals surface area contributed by atoms with E-state index >= 15 is 0 Å². The molecule has 2 N–H and O–H groups in total. The van der Waals surface area contributed by atoms with Crippen LogP contribution in [0.15, 0.2) is 23.8 Å². The van der Waals surface area contributed by atoms with Gasteiger partial charge >= 0.3 is 0 Å². The molecule has 0 aliphatic carbocycles. The van der Waals surface area contributed by atoms with Crippen molar-refractivity contribution in [3.8, 4) is 0 Å². The highest BCUT2D eigenvalue weighted by Gasteiger charge is 2.16. The van der Waals surface area contributed by atoms with E-state index in [2.05, 4.69) is 41.3 Å². The number of nitrogens with one attached hydrogen (secondary N) is 2. The Kier molecular flexibility index (Phi) is 4.71. The summed E-state index contributed by atoms with van der Waals surface area (Å²) in [5, 5.41) is 4.27. The topological polar surface area (TPSA) is 57.8 Å². The van der Waals surface area contributed by atoms with Crippen molar-refractivity contribution in [1.82, 2.24) is 15.3 Å². The molecule has 1 amide bonds. The Morgan fingerprint density at radius 1 is 1.33 bits per heavy atom. The smallest absolute Gasteiger partial charge is 0.224 e. The van der Waals surface area contributed by atoms with Gasteiger partial charge < -0.3 is 10.3 Å². The molecule has 0 spiro atoms. The largest absolute Gasteiger partial charge is 0.358 e. The molecule has 3 aromatic rings. The minimum atomic E-state index is 0.0650. The van der Waals surface area contributed by atoms with Gasteiger partial charge in [-0.2, -0.15) is 0 Å². The lowest BCUT2D eigenvalue weighted by molar-refractivity contribution is -0.121. The Morgan fingerprint density at radius 3 is 2.83 bits per heavy atom. The molecule has 0 fully saturated rings. The minimum absolute atomic E-state index is 0.0650. The van der Waals surface area contributed by atoms with E-state index in [1.807, 2.05) is 25.6 Å². The number of aromatic amines is 1. The van der Waals surface area contributed by atoms with Crippen LogP contribution in [0.25, 0.3) is 10.9 Å². The van der Waals surface area contributed by atoms with Crippen molar-refractivity contribution in [3.63, 3.8) is 0 Å². The van der Waals surface area contributed by atoms with E-state index in [9.17, 15) is 4.79 Å². The Labute approximate surface area is 146 Å². The lowest BCUT2D eigenvalue weighted by Gasteiger charge is -2.13. The summed E-state index contributed by atoms with van der Waals surface area (Å²) in [6.45, 7) is 8.27. The second-order valence-corrected chi connectivity index (χ2v) is 7.52. The molecule has 1 aromatic carbocycles. The summed E-state index contributed by atoms with van der Waals surface area (Å²) in [5.74, 6) is 0.0650. The molecular formula is C19H23N3OS. The van der Waals surface area contributed by atoms with Crippen molar-refractivity contribution in [1.29, 1.82) is 0 Å². The third kappa shape index (κ3) is 3.51. The highest BCUT2D eigenvalue weighted by Crippen LogP contribution is 2.26. The molecule has 0 aliphatic heterocycles. The molecule has 0 saturated heterocycles. The minimum Gasteiger partial charge on any atom is -0.358 e. The number of H-pyrrole nitrogens is 1. The second-order valence-electron chi connectivity index (χ2n) is 6.55. The van der Waals surface area contributed by atoms with Crippen molar-refractivity contribution in [2.75, 3.05) is 0 Å². The molecular weight excluding hydrogens is 318 g/mol. The van der Waals surface area contributed by atoms with Crippen LogP contribution in [0.4, 0.5) is 0 Å². The van der Waals surface area contributed by atoms with E-state index < -0.39 is 0 Å². The SMILES string of the molecule is Cc1cc(C)c2[nH]c(C)c(CC(=O)N[C@H](C)Cc3cncs3)c2c1. The summed E-state index contributed by atoms with van der Waals surface area (Å²) in [5.41, 5.74) is 7.57. The van der Waals surface area contributed by atoms with E-state index in [0.29, 0.717) is 6.42 Å². The second kappa shape index (κ2) is 6.77. The number of benzene rings is 1. The molecule has 5 heteroatoms. The maximum absolute atomic E-state index is 12.5. The number of fused-ring (bicyclic) bond motifs is 1.